The molecule has 0 bridgehead atoms. The molecule has 3 unspecified atom stereocenters. The summed E-state index contributed by atoms with van der Waals surface area (Å²) in [6.45, 7) is 6.36. The molecule has 1 aliphatic heterocycles. The maximum atomic E-state index is 13.8. The highest BCUT2D eigenvalue weighted by molar-refractivity contribution is 5.95. The normalized spacial score (nSPS) is 27.3. The van der Waals surface area contributed by atoms with Crippen molar-refractivity contribution in [1.82, 2.24) is 15.2 Å². The minimum Gasteiger partial charge on any atom is -0.337 e. The molecule has 4 rings (SSSR count). The molecule has 2 saturated carbocycles. The van der Waals surface area contributed by atoms with Gasteiger partial charge in [-0.05, 0) is 63.2 Å². The van der Waals surface area contributed by atoms with Gasteiger partial charge >= 0.3 is 6.18 Å². The zero-order valence-corrected chi connectivity index (χ0v) is 20.1. The third kappa shape index (κ3) is 5.07. The largest absolute Gasteiger partial charge is 0.417 e. The molecule has 2 heterocycles. The zero-order valence-electron chi connectivity index (χ0n) is 20.1. The Balaban J connectivity index is 1.42. The number of allylic oxidation sites excluding steroid dienone is 2. The molecular formula is C26H35F3N4O. The first kappa shape index (κ1) is 24.9. The minimum absolute atomic E-state index is 0.129. The van der Waals surface area contributed by atoms with Gasteiger partial charge in [-0.3, -0.25) is 14.8 Å². The molecule has 1 aromatic heterocycles. The molecule has 1 amide bonds. The molecule has 3 atom stereocenters. The number of amides is 1. The Morgan fingerprint density at radius 3 is 2.97 bits per heavy atom. The second-order valence-corrected chi connectivity index (χ2v) is 9.86. The monoisotopic (exact) mass is 476 g/mol. The van der Waals surface area contributed by atoms with Crippen LogP contribution in [0.2, 0.25) is 0 Å². The highest BCUT2D eigenvalue weighted by atomic mass is 19.4. The van der Waals surface area contributed by atoms with Crippen LogP contribution in [0.15, 0.2) is 29.4 Å². The first-order valence-corrected chi connectivity index (χ1v) is 12.5. The lowest BCUT2D eigenvalue weighted by molar-refractivity contribution is -0.144. The number of aromatic nitrogens is 1. The third-order valence-corrected chi connectivity index (χ3v) is 7.75. The van der Waals surface area contributed by atoms with Gasteiger partial charge in [0.2, 0.25) is 5.91 Å². The molecule has 0 aromatic carbocycles. The van der Waals surface area contributed by atoms with Gasteiger partial charge in [0, 0.05) is 62.7 Å². The van der Waals surface area contributed by atoms with Crippen molar-refractivity contribution in [3.8, 4) is 0 Å². The van der Waals surface area contributed by atoms with E-state index in [0.29, 0.717) is 36.2 Å². The number of carbonyl (C=O) groups is 1. The van der Waals surface area contributed by atoms with Crippen molar-refractivity contribution in [3.63, 3.8) is 0 Å². The summed E-state index contributed by atoms with van der Waals surface area (Å²) in [5, 5.41) is 3.66. The number of hydrogen-bond donors (Lipinski definition) is 1. The lowest BCUT2D eigenvalue weighted by Crippen LogP contribution is -2.47. The van der Waals surface area contributed by atoms with Crippen molar-refractivity contribution >= 4 is 11.6 Å². The van der Waals surface area contributed by atoms with Crippen LogP contribution in [0.4, 0.5) is 13.2 Å². The van der Waals surface area contributed by atoms with Gasteiger partial charge in [0.25, 0.3) is 0 Å². The van der Waals surface area contributed by atoms with Crippen molar-refractivity contribution in [3.05, 3.63) is 41.2 Å². The van der Waals surface area contributed by atoms with Crippen LogP contribution in [0.5, 0.6) is 0 Å². The fourth-order valence-corrected chi connectivity index (χ4v) is 6.23. The van der Waals surface area contributed by atoms with E-state index in [4.69, 9.17) is 0 Å². The quantitative estimate of drug-likeness (QED) is 0.567. The smallest absolute Gasteiger partial charge is 0.337 e. The fraction of sp³-hybridized carbons (Fsp3) is 0.654. The lowest BCUT2D eigenvalue weighted by Gasteiger charge is -2.37. The van der Waals surface area contributed by atoms with Crippen molar-refractivity contribution < 1.29 is 18.0 Å². The van der Waals surface area contributed by atoms with Crippen LogP contribution in [0, 0.1) is 11.3 Å². The number of pyridine rings is 1. The second kappa shape index (κ2) is 10.2. The minimum atomic E-state index is -4.43. The van der Waals surface area contributed by atoms with Crippen molar-refractivity contribution in [2.45, 2.75) is 77.6 Å². The van der Waals surface area contributed by atoms with E-state index in [1.54, 1.807) is 4.90 Å². The lowest BCUT2D eigenvalue weighted by atomic mass is 9.78. The number of halogens is 3. The SMILES string of the molecule is C/C=C\C(CCNC1CC2CCCC2(C(=O)N2CCc3ncc(C(F)(F)F)cc3C2)C1)=NCC. The number of aliphatic imine (C=N–C) groups is 1. The Morgan fingerprint density at radius 1 is 1.41 bits per heavy atom. The van der Waals surface area contributed by atoms with Crippen LogP contribution in [0.1, 0.15) is 69.2 Å². The van der Waals surface area contributed by atoms with Crippen LogP contribution in [-0.2, 0) is 23.9 Å². The van der Waals surface area contributed by atoms with E-state index in [0.717, 1.165) is 63.5 Å². The van der Waals surface area contributed by atoms with E-state index in [1.807, 2.05) is 26.0 Å². The third-order valence-electron chi connectivity index (χ3n) is 7.75. The molecule has 5 nitrogen and oxygen atoms in total. The number of nitrogens with one attached hydrogen (secondary N) is 1. The highest BCUT2D eigenvalue weighted by Gasteiger charge is 2.56. The summed E-state index contributed by atoms with van der Waals surface area (Å²) < 4.78 is 39.5. The fourth-order valence-electron chi connectivity index (χ4n) is 6.23. The molecule has 8 heteroatoms. The molecule has 1 N–H and O–H groups in total. The average Bonchev–Trinajstić information content (AvgIpc) is 3.35. The van der Waals surface area contributed by atoms with Crippen molar-refractivity contribution in [2.24, 2.45) is 16.3 Å². The van der Waals surface area contributed by atoms with Gasteiger partial charge in [-0.15, -0.1) is 0 Å². The number of hydrogen-bond acceptors (Lipinski definition) is 4. The van der Waals surface area contributed by atoms with Gasteiger partial charge in [0.1, 0.15) is 0 Å². The zero-order chi connectivity index (χ0) is 24.3. The van der Waals surface area contributed by atoms with E-state index < -0.39 is 11.7 Å². The Kier molecular flexibility index (Phi) is 7.45. The molecule has 2 aliphatic carbocycles. The van der Waals surface area contributed by atoms with Gasteiger partial charge in [-0.1, -0.05) is 12.5 Å². The van der Waals surface area contributed by atoms with Gasteiger partial charge < -0.3 is 10.2 Å². The maximum Gasteiger partial charge on any atom is 0.417 e. The number of rotatable bonds is 7. The summed E-state index contributed by atoms with van der Waals surface area (Å²) in [6.07, 6.45) is 6.66. The summed E-state index contributed by atoms with van der Waals surface area (Å²) in [6, 6.07) is 1.46. The summed E-state index contributed by atoms with van der Waals surface area (Å²) in [5.74, 6) is 0.474. The first-order valence-electron chi connectivity index (χ1n) is 12.5. The topological polar surface area (TPSA) is 57.6 Å². The van der Waals surface area contributed by atoms with E-state index in [2.05, 4.69) is 15.3 Å². The van der Waals surface area contributed by atoms with E-state index in [9.17, 15) is 18.0 Å². The van der Waals surface area contributed by atoms with Gasteiger partial charge in [0.15, 0.2) is 0 Å². The number of carbonyl (C=O) groups excluding carboxylic acids is 1. The van der Waals surface area contributed by atoms with Crippen LogP contribution in [-0.4, -0.2) is 47.2 Å². The molecule has 0 radical (unpaired) electrons. The van der Waals surface area contributed by atoms with Crippen LogP contribution in [0.25, 0.3) is 0 Å². The highest BCUT2D eigenvalue weighted by Crippen LogP contribution is 2.55. The van der Waals surface area contributed by atoms with Crippen molar-refractivity contribution in [1.29, 1.82) is 0 Å². The standard InChI is InChI=1S/C26H35F3N4O/c1-3-6-21(30-4-2)8-11-31-22-14-19-7-5-10-25(19,15-22)24(34)33-12-9-23-18(17-33)13-20(16-32-23)26(27,28)29/h3,6,13,16,19,22,31H,4-5,7-12,14-15,17H2,1-2H3/b6-3-,30-21?. The number of alkyl halides is 3. The molecule has 1 aromatic rings. The Labute approximate surface area is 199 Å². The molecule has 0 spiro atoms. The summed E-state index contributed by atoms with van der Waals surface area (Å²) in [4.78, 5) is 24.2. The Hall–Kier alpha value is -2.22. The molecule has 0 saturated heterocycles. The molecule has 34 heavy (non-hydrogen) atoms. The van der Waals surface area contributed by atoms with Gasteiger partial charge in [-0.2, -0.15) is 13.2 Å². The Morgan fingerprint density at radius 2 is 2.24 bits per heavy atom. The van der Waals surface area contributed by atoms with Gasteiger partial charge in [-0.25, -0.2) is 0 Å². The average molecular weight is 477 g/mol. The predicted molar refractivity (Wildman–Crippen MR) is 127 cm³/mol. The second-order valence-electron chi connectivity index (χ2n) is 9.86. The predicted octanol–water partition coefficient (Wildman–Crippen LogP) is 4.95. The summed E-state index contributed by atoms with van der Waals surface area (Å²) in [5.41, 5.74) is 1.16. The first-order chi connectivity index (χ1) is 16.3. The van der Waals surface area contributed by atoms with Gasteiger partial charge in [0.05, 0.1) is 11.0 Å². The van der Waals surface area contributed by atoms with Crippen LogP contribution < -0.4 is 5.32 Å². The van der Waals surface area contributed by atoms with Crippen molar-refractivity contribution in [2.75, 3.05) is 19.6 Å². The number of fused-ring (bicyclic) bond motifs is 2. The van der Waals surface area contributed by atoms with E-state index >= 15 is 0 Å². The summed E-state index contributed by atoms with van der Waals surface area (Å²) >= 11 is 0. The molecular weight excluding hydrogens is 441 g/mol. The molecule has 186 valence electrons. The van der Waals surface area contributed by atoms with Crippen LogP contribution >= 0.6 is 0 Å². The van der Waals surface area contributed by atoms with E-state index in [1.165, 1.54) is 6.07 Å². The maximum absolute atomic E-state index is 13.8. The van der Waals surface area contributed by atoms with Crippen LogP contribution in [0.3, 0.4) is 0 Å². The summed E-state index contributed by atoms with van der Waals surface area (Å²) in [7, 11) is 0. The van der Waals surface area contributed by atoms with E-state index in [-0.39, 0.29) is 17.9 Å². The molecule has 2 fully saturated rings. The number of nitrogens with zero attached hydrogens (tertiary/aromatic N) is 3. The Bertz CT molecular complexity index is 958. The molecule has 3 aliphatic rings.